The Morgan fingerprint density at radius 2 is 0.375 bits per heavy atom. The van der Waals surface area contributed by atoms with Gasteiger partial charge in [-0.05, 0) is 25.7 Å². The van der Waals surface area contributed by atoms with E-state index in [0.29, 0.717) is 0 Å². The van der Waals surface area contributed by atoms with Crippen LogP contribution < -0.4 is 0 Å². The third-order valence-electron chi connectivity index (χ3n) is 5.66. The Labute approximate surface area is 153 Å². The fraction of sp³-hybridized carbons (Fsp3) is 0.917. The topological polar surface area (TPSA) is 0 Å². The molecule has 142 valence electrons. The van der Waals surface area contributed by atoms with Crippen LogP contribution in [0, 0.1) is 0 Å². The lowest BCUT2D eigenvalue weighted by Crippen LogP contribution is -1.85. The van der Waals surface area contributed by atoms with Crippen molar-refractivity contribution in [2.75, 3.05) is 0 Å². The highest BCUT2D eigenvalue weighted by molar-refractivity contribution is 4.85. The molecular weight excluding hydrogens is 288 g/mol. The highest BCUT2D eigenvalue weighted by Gasteiger charge is 1.96. The molecule has 4 aliphatic carbocycles. The molecule has 0 aromatic carbocycles. The predicted molar refractivity (Wildman–Crippen MR) is 111 cm³/mol. The molecule has 0 aromatic heterocycles. The molecule has 3 saturated carbocycles. The van der Waals surface area contributed by atoms with E-state index in [2.05, 4.69) is 12.2 Å². The van der Waals surface area contributed by atoms with Gasteiger partial charge in [0, 0.05) is 0 Å². The minimum atomic E-state index is 1.32. The molecule has 0 heterocycles. The Hall–Kier alpha value is -0.260. The van der Waals surface area contributed by atoms with Crippen molar-refractivity contribution in [1.29, 1.82) is 0 Å². The Balaban J connectivity index is 0.000000160. The van der Waals surface area contributed by atoms with Crippen molar-refractivity contribution in [3.8, 4) is 0 Å². The number of rotatable bonds is 0. The molecule has 0 amide bonds. The summed E-state index contributed by atoms with van der Waals surface area (Å²) in [5.41, 5.74) is 0. The highest BCUT2D eigenvalue weighted by Crippen LogP contribution is 2.16. The molecule has 0 nitrogen and oxygen atoms in total. The van der Waals surface area contributed by atoms with Crippen molar-refractivity contribution < 1.29 is 0 Å². The van der Waals surface area contributed by atoms with Crippen LogP contribution in [0.2, 0.25) is 0 Å². The van der Waals surface area contributed by atoms with E-state index in [1.54, 1.807) is 0 Å². The van der Waals surface area contributed by atoms with Crippen molar-refractivity contribution in [2.24, 2.45) is 0 Å². The second-order valence-corrected chi connectivity index (χ2v) is 8.12. The maximum atomic E-state index is 2.27. The van der Waals surface area contributed by atoms with Crippen LogP contribution in [0.5, 0.6) is 0 Å². The average Bonchev–Trinajstić information content (AvgIpc) is 2.75. The van der Waals surface area contributed by atoms with E-state index in [0.717, 1.165) is 0 Å². The molecule has 0 radical (unpaired) electrons. The zero-order valence-corrected chi connectivity index (χ0v) is 16.7. The molecular formula is C24H46. The van der Waals surface area contributed by atoms with Gasteiger partial charge >= 0.3 is 0 Å². The van der Waals surface area contributed by atoms with Crippen molar-refractivity contribution in [3.05, 3.63) is 12.2 Å². The van der Waals surface area contributed by atoms with Gasteiger partial charge in [-0.1, -0.05) is 128 Å². The van der Waals surface area contributed by atoms with Crippen LogP contribution in [0.4, 0.5) is 0 Å². The van der Waals surface area contributed by atoms with Gasteiger partial charge in [0.1, 0.15) is 0 Å². The lowest BCUT2D eigenvalue weighted by Gasteiger charge is -2.05. The molecule has 0 N–H and O–H groups in total. The summed E-state index contributed by atoms with van der Waals surface area (Å²) < 4.78 is 0. The van der Waals surface area contributed by atoms with Crippen LogP contribution in [0.3, 0.4) is 0 Å². The van der Waals surface area contributed by atoms with Crippen molar-refractivity contribution >= 4 is 0 Å². The zero-order chi connectivity index (χ0) is 17.0. The molecule has 0 bridgehead atoms. The molecule has 0 atom stereocenters. The summed E-state index contributed by atoms with van der Waals surface area (Å²) in [6, 6.07) is 0. The first-order valence-corrected chi connectivity index (χ1v) is 11.6. The summed E-state index contributed by atoms with van der Waals surface area (Å²) in [6.45, 7) is 0. The van der Waals surface area contributed by atoms with E-state index in [1.807, 2.05) is 0 Å². The molecule has 4 rings (SSSR count). The third-order valence-corrected chi connectivity index (χ3v) is 5.66. The van der Waals surface area contributed by atoms with Crippen molar-refractivity contribution in [1.82, 2.24) is 0 Å². The highest BCUT2D eigenvalue weighted by atomic mass is 14.0. The van der Waals surface area contributed by atoms with E-state index in [4.69, 9.17) is 0 Å². The fourth-order valence-corrected chi connectivity index (χ4v) is 3.94. The molecule has 24 heavy (non-hydrogen) atoms. The summed E-state index contributed by atoms with van der Waals surface area (Å²) in [4.78, 5) is 0. The van der Waals surface area contributed by atoms with Gasteiger partial charge in [0.2, 0.25) is 0 Å². The van der Waals surface area contributed by atoms with Gasteiger partial charge in [-0.25, -0.2) is 0 Å². The molecule has 0 unspecified atom stereocenters. The molecule has 3 fully saturated rings. The minimum absolute atomic E-state index is 1.32. The molecule has 0 spiro atoms. The quantitative estimate of drug-likeness (QED) is 0.387. The van der Waals surface area contributed by atoms with Gasteiger partial charge in [0.25, 0.3) is 0 Å². The fourth-order valence-electron chi connectivity index (χ4n) is 3.94. The summed E-state index contributed by atoms with van der Waals surface area (Å²) in [5.74, 6) is 0. The number of hydrogen-bond acceptors (Lipinski definition) is 0. The van der Waals surface area contributed by atoms with Gasteiger partial charge in [-0.2, -0.15) is 0 Å². The second kappa shape index (κ2) is 19.1. The molecule has 0 aliphatic heterocycles. The zero-order valence-electron chi connectivity index (χ0n) is 16.7. The molecule has 0 aromatic rings. The molecule has 0 saturated heterocycles. The maximum Gasteiger partial charge on any atom is -0.0351 e. The number of allylic oxidation sites excluding steroid dienone is 2. The standard InChI is InChI=1S/3C6H12.C6H10/c4*1-2-4-6-5-3-1/h3*1-6H2;1-2H,3-6H2. The lowest BCUT2D eigenvalue weighted by atomic mass is 10.0. The van der Waals surface area contributed by atoms with Gasteiger partial charge in [-0.15, -0.1) is 0 Å². The van der Waals surface area contributed by atoms with E-state index < -0.39 is 0 Å². The van der Waals surface area contributed by atoms with E-state index in [1.165, 1.54) is 141 Å². The summed E-state index contributed by atoms with van der Waals surface area (Å²) in [7, 11) is 0. The summed E-state index contributed by atoms with van der Waals surface area (Å²) in [6.07, 6.45) is 37.0. The minimum Gasteiger partial charge on any atom is -0.0885 e. The monoisotopic (exact) mass is 334 g/mol. The normalized spacial score (nSPS) is 23.3. The van der Waals surface area contributed by atoms with Gasteiger partial charge in [0.05, 0.1) is 0 Å². The van der Waals surface area contributed by atoms with Gasteiger partial charge in [-0.3, -0.25) is 0 Å². The third kappa shape index (κ3) is 16.6. The largest absolute Gasteiger partial charge is 0.0885 e. The van der Waals surface area contributed by atoms with Gasteiger partial charge in [0.15, 0.2) is 0 Å². The lowest BCUT2D eigenvalue weighted by molar-refractivity contribution is 0.504. The Morgan fingerprint density at radius 3 is 0.458 bits per heavy atom. The second-order valence-electron chi connectivity index (χ2n) is 8.12. The smallest absolute Gasteiger partial charge is 0.0351 e. The van der Waals surface area contributed by atoms with Crippen LogP contribution in [0.15, 0.2) is 12.2 Å². The van der Waals surface area contributed by atoms with Crippen LogP contribution in [-0.2, 0) is 0 Å². The van der Waals surface area contributed by atoms with Crippen LogP contribution in [0.25, 0.3) is 0 Å². The first kappa shape index (κ1) is 21.8. The first-order chi connectivity index (χ1) is 12.0. The molecule has 4 aliphatic rings. The van der Waals surface area contributed by atoms with Crippen molar-refractivity contribution in [3.63, 3.8) is 0 Å². The van der Waals surface area contributed by atoms with E-state index >= 15 is 0 Å². The van der Waals surface area contributed by atoms with Crippen molar-refractivity contribution in [2.45, 2.75) is 141 Å². The van der Waals surface area contributed by atoms with Gasteiger partial charge < -0.3 is 0 Å². The Bertz CT molecular complexity index is 170. The van der Waals surface area contributed by atoms with E-state index in [9.17, 15) is 0 Å². The molecule has 0 heteroatoms. The summed E-state index contributed by atoms with van der Waals surface area (Å²) >= 11 is 0. The maximum absolute atomic E-state index is 2.27. The van der Waals surface area contributed by atoms with Crippen LogP contribution >= 0.6 is 0 Å². The summed E-state index contributed by atoms with van der Waals surface area (Å²) in [5, 5.41) is 0. The average molecular weight is 335 g/mol. The SMILES string of the molecule is C1=CCCCC1.C1CCCCC1.C1CCCCC1.C1CCCCC1. The van der Waals surface area contributed by atoms with Crippen LogP contribution in [0.1, 0.15) is 141 Å². The Kier molecular flexibility index (Phi) is 17.3. The predicted octanol–water partition coefficient (Wildman–Crippen LogP) is 9.14. The number of hydrogen-bond donors (Lipinski definition) is 0. The Morgan fingerprint density at radius 1 is 0.208 bits per heavy atom. The van der Waals surface area contributed by atoms with E-state index in [-0.39, 0.29) is 0 Å². The first-order valence-electron chi connectivity index (χ1n) is 11.6. The van der Waals surface area contributed by atoms with Crippen LogP contribution in [-0.4, -0.2) is 0 Å².